The first-order valence-electron chi connectivity index (χ1n) is 8.76. The lowest BCUT2D eigenvalue weighted by atomic mass is 9.97. The molecule has 0 aliphatic carbocycles. The van der Waals surface area contributed by atoms with Crippen molar-refractivity contribution in [1.82, 2.24) is 9.71 Å². The zero-order valence-corrected chi connectivity index (χ0v) is 17.1. The molecule has 0 fully saturated rings. The van der Waals surface area contributed by atoms with Gasteiger partial charge in [0.1, 0.15) is 10.4 Å². The van der Waals surface area contributed by atoms with E-state index in [1.54, 1.807) is 18.2 Å². The number of H-pyrrole nitrogens is 1. The number of aromatic hydroxyl groups is 1. The van der Waals surface area contributed by atoms with Crippen molar-refractivity contribution in [3.8, 4) is 16.9 Å². The predicted octanol–water partition coefficient (Wildman–Crippen LogP) is 3.04. The Morgan fingerprint density at radius 2 is 1.90 bits per heavy atom. The van der Waals surface area contributed by atoms with Crippen LogP contribution in [0.5, 0.6) is 5.75 Å². The smallest absolute Gasteiger partial charge is 0.266 e. The van der Waals surface area contributed by atoms with Gasteiger partial charge in [0.15, 0.2) is 0 Å². The standard InChI is InChI=1S/C20H18N2O5S2/c1-27-10-9-21-29(25,26)13-4-2-12(3-5-13)17-16(23)7-6-15-18(17)14-8-11-28-19(14)20(24)22-15/h2-8,11,21,23H,9-10H2,1H3,(H,22,24). The molecule has 9 heteroatoms. The Balaban J connectivity index is 1.84. The molecule has 0 bridgehead atoms. The highest BCUT2D eigenvalue weighted by Gasteiger charge is 2.17. The average Bonchev–Trinajstić information content (AvgIpc) is 3.19. The number of nitrogens with one attached hydrogen (secondary N) is 2. The molecular weight excluding hydrogens is 412 g/mol. The molecular formula is C20H18N2O5S2. The maximum atomic E-state index is 12.4. The zero-order valence-electron chi connectivity index (χ0n) is 15.4. The Morgan fingerprint density at radius 1 is 1.14 bits per heavy atom. The highest BCUT2D eigenvalue weighted by atomic mass is 32.2. The van der Waals surface area contributed by atoms with Crippen LogP contribution in [0.25, 0.3) is 32.1 Å². The van der Waals surface area contributed by atoms with Gasteiger partial charge in [-0.2, -0.15) is 0 Å². The quantitative estimate of drug-likeness (QED) is 0.408. The lowest BCUT2D eigenvalue weighted by Gasteiger charge is -2.12. The molecule has 0 spiro atoms. The van der Waals surface area contributed by atoms with Gasteiger partial charge in [0.2, 0.25) is 10.0 Å². The first-order chi connectivity index (χ1) is 13.9. The predicted molar refractivity (Wildman–Crippen MR) is 114 cm³/mol. The fourth-order valence-electron chi connectivity index (χ4n) is 3.29. The number of phenols is 1. The SMILES string of the molecule is COCCNS(=O)(=O)c1ccc(-c2c(O)ccc3[nH]c(=O)c4sccc4c23)cc1. The number of aromatic amines is 1. The van der Waals surface area contributed by atoms with Crippen molar-refractivity contribution < 1.29 is 18.3 Å². The molecule has 7 nitrogen and oxygen atoms in total. The fraction of sp³-hybridized carbons (Fsp3) is 0.150. The van der Waals surface area contributed by atoms with Crippen molar-refractivity contribution in [3.63, 3.8) is 0 Å². The summed E-state index contributed by atoms with van der Waals surface area (Å²) in [4.78, 5) is 15.2. The summed E-state index contributed by atoms with van der Waals surface area (Å²) in [5.41, 5.74) is 1.61. The van der Waals surface area contributed by atoms with Gasteiger partial charge in [0.05, 0.1) is 11.5 Å². The van der Waals surface area contributed by atoms with E-state index >= 15 is 0 Å². The molecule has 2 aromatic carbocycles. The molecule has 3 N–H and O–H groups in total. The molecule has 2 heterocycles. The van der Waals surface area contributed by atoms with Crippen LogP contribution in [0.15, 0.2) is 57.5 Å². The molecule has 150 valence electrons. The van der Waals surface area contributed by atoms with Crippen molar-refractivity contribution in [3.05, 3.63) is 58.2 Å². The van der Waals surface area contributed by atoms with Crippen molar-refractivity contribution in [1.29, 1.82) is 0 Å². The molecule has 0 unspecified atom stereocenters. The Bertz CT molecular complexity index is 1360. The summed E-state index contributed by atoms with van der Waals surface area (Å²) < 4.78 is 32.6. The van der Waals surface area contributed by atoms with Gasteiger partial charge in [-0.1, -0.05) is 12.1 Å². The summed E-state index contributed by atoms with van der Waals surface area (Å²) in [5, 5.41) is 13.9. The fourth-order valence-corrected chi connectivity index (χ4v) is 5.10. The summed E-state index contributed by atoms with van der Waals surface area (Å²) in [6, 6.07) is 11.3. The third-order valence-electron chi connectivity index (χ3n) is 4.62. The minimum absolute atomic E-state index is 0.0471. The summed E-state index contributed by atoms with van der Waals surface area (Å²) in [7, 11) is -2.16. The van der Waals surface area contributed by atoms with Gasteiger partial charge in [-0.25, -0.2) is 13.1 Å². The number of pyridine rings is 1. The summed E-state index contributed by atoms with van der Waals surface area (Å²) >= 11 is 1.33. The molecule has 4 rings (SSSR count). The van der Waals surface area contributed by atoms with E-state index in [-0.39, 0.29) is 29.4 Å². The molecule has 0 saturated carbocycles. The number of fused-ring (bicyclic) bond motifs is 3. The van der Waals surface area contributed by atoms with Crippen molar-refractivity contribution in [2.24, 2.45) is 0 Å². The molecule has 0 amide bonds. The zero-order chi connectivity index (χ0) is 20.6. The van der Waals surface area contributed by atoms with E-state index in [1.807, 2.05) is 11.4 Å². The van der Waals surface area contributed by atoms with E-state index in [4.69, 9.17) is 4.74 Å². The largest absolute Gasteiger partial charge is 0.507 e. The third kappa shape index (κ3) is 3.53. The van der Waals surface area contributed by atoms with E-state index in [9.17, 15) is 18.3 Å². The average molecular weight is 431 g/mol. The first kappa shape index (κ1) is 19.6. The molecule has 0 aliphatic heterocycles. The molecule has 0 atom stereocenters. The van der Waals surface area contributed by atoms with Crippen LogP contribution in [0.4, 0.5) is 0 Å². The van der Waals surface area contributed by atoms with Gasteiger partial charge in [-0.3, -0.25) is 4.79 Å². The highest BCUT2D eigenvalue weighted by Crippen LogP contribution is 2.39. The van der Waals surface area contributed by atoms with Crippen LogP contribution in [0, 0.1) is 0 Å². The number of aromatic nitrogens is 1. The van der Waals surface area contributed by atoms with E-state index < -0.39 is 10.0 Å². The van der Waals surface area contributed by atoms with E-state index in [2.05, 4.69) is 9.71 Å². The molecule has 0 saturated heterocycles. The number of hydrogen-bond acceptors (Lipinski definition) is 6. The second-order valence-electron chi connectivity index (χ2n) is 6.41. The normalized spacial score (nSPS) is 12.0. The number of rotatable bonds is 6. The second-order valence-corrected chi connectivity index (χ2v) is 9.10. The molecule has 0 radical (unpaired) electrons. The van der Waals surface area contributed by atoms with Crippen LogP contribution in [-0.4, -0.2) is 38.8 Å². The van der Waals surface area contributed by atoms with Crippen LogP contribution in [0.2, 0.25) is 0 Å². The minimum Gasteiger partial charge on any atom is -0.507 e. The number of thiophene rings is 1. The monoisotopic (exact) mass is 430 g/mol. The van der Waals surface area contributed by atoms with Crippen molar-refractivity contribution in [2.75, 3.05) is 20.3 Å². The Labute approximate surface area is 170 Å². The van der Waals surface area contributed by atoms with Crippen molar-refractivity contribution in [2.45, 2.75) is 4.90 Å². The second kappa shape index (κ2) is 7.60. The number of methoxy groups -OCH3 is 1. The number of benzene rings is 2. The summed E-state index contributed by atoms with van der Waals surface area (Å²) in [5.74, 6) is 0.0471. The van der Waals surface area contributed by atoms with Crippen LogP contribution in [0.3, 0.4) is 0 Å². The highest BCUT2D eigenvalue weighted by molar-refractivity contribution is 7.89. The molecule has 4 aromatic rings. The maximum absolute atomic E-state index is 12.4. The topological polar surface area (TPSA) is 108 Å². The van der Waals surface area contributed by atoms with Crippen LogP contribution in [-0.2, 0) is 14.8 Å². The lowest BCUT2D eigenvalue weighted by molar-refractivity contribution is 0.204. The number of hydrogen-bond donors (Lipinski definition) is 3. The first-order valence-corrected chi connectivity index (χ1v) is 11.1. The van der Waals surface area contributed by atoms with Gasteiger partial charge in [-0.15, -0.1) is 11.3 Å². The van der Waals surface area contributed by atoms with Gasteiger partial charge >= 0.3 is 0 Å². The Kier molecular flexibility index (Phi) is 5.13. The summed E-state index contributed by atoms with van der Waals surface area (Å²) in [6.45, 7) is 0.449. The van der Waals surface area contributed by atoms with E-state index in [0.29, 0.717) is 21.3 Å². The molecule has 2 aromatic heterocycles. The van der Waals surface area contributed by atoms with Gasteiger partial charge in [0.25, 0.3) is 5.56 Å². The van der Waals surface area contributed by atoms with Crippen molar-refractivity contribution >= 4 is 42.3 Å². The van der Waals surface area contributed by atoms with Gasteiger partial charge in [-0.05, 0) is 41.3 Å². The number of sulfonamides is 1. The summed E-state index contributed by atoms with van der Waals surface area (Å²) in [6.07, 6.45) is 0. The minimum atomic E-state index is -3.65. The lowest BCUT2D eigenvalue weighted by Crippen LogP contribution is -2.27. The van der Waals surface area contributed by atoms with Crippen LogP contribution < -0.4 is 10.3 Å². The Morgan fingerprint density at radius 3 is 2.62 bits per heavy atom. The van der Waals surface area contributed by atoms with Crippen LogP contribution in [0.1, 0.15) is 0 Å². The third-order valence-corrected chi connectivity index (χ3v) is 7.01. The van der Waals surface area contributed by atoms with E-state index in [1.165, 1.54) is 36.6 Å². The molecule has 0 aliphatic rings. The van der Waals surface area contributed by atoms with E-state index in [0.717, 1.165) is 10.8 Å². The molecule has 29 heavy (non-hydrogen) atoms. The van der Waals surface area contributed by atoms with Gasteiger partial charge in [0, 0.05) is 35.5 Å². The van der Waals surface area contributed by atoms with Gasteiger partial charge < -0.3 is 14.8 Å². The maximum Gasteiger partial charge on any atom is 0.266 e. The van der Waals surface area contributed by atoms with Crippen LogP contribution >= 0.6 is 11.3 Å². The number of phenolic OH excluding ortho intramolecular Hbond substituents is 1. The number of ether oxygens (including phenoxy) is 1. The Hall–Kier alpha value is -2.72.